The molecule has 0 radical (unpaired) electrons. The Labute approximate surface area is 123 Å². The van der Waals surface area contributed by atoms with Crippen molar-refractivity contribution in [1.29, 1.82) is 0 Å². The second kappa shape index (κ2) is 5.56. The van der Waals surface area contributed by atoms with Crippen molar-refractivity contribution in [2.75, 3.05) is 0 Å². The minimum Gasteiger partial charge on any atom is -0.339 e. The number of hydrogen-bond acceptors (Lipinski definition) is 4. The van der Waals surface area contributed by atoms with Gasteiger partial charge in [-0.3, -0.25) is 0 Å². The monoisotopic (exact) mass is 289 g/mol. The third-order valence-corrected chi connectivity index (χ3v) is 4.19. The highest BCUT2D eigenvalue weighted by Gasteiger charge is 2.36. The lowest BCUT2D eigenvalue weighted by Gasteiger charge is -2.33. The standard InChI is InChI=1S/C16H20FN3O/c1-11-4-3-7-16(18,10-11)15-19-14(21-20-15)9-12-5-2-6-13(17)8-12/h2,5-6,8,11H,3-4,7,9-10,18H2,1H3. The van der Waals surface area contributed by atoms with Crippen molar-refractivity contribution in [1.82, 2.24) is 10.1 Å². The van der Waals surface area contributed by atoms with E-state index in [-0.39, 0.29) is 5.82 Å². The average molecular weight is 289 g/mol. The second-order valence-electron chi connectivity index (χ2n) is 6.18. The molecular formula is C16H20FN3O. The maximum atomic E-state index is 13.2. The fourth-order valence-corrected chi connectivity index (χ4v) is 3.15. The molecule has 0 spiro atoms. The van der Waals surface area contributed by atoms with E-state index in [2.05, 4.69) is 17.1 Å². The molecule has 2 aromatic rings. The number of hydrogen-bond donors (Lipinski definition) is 1. The van der Waals surface area contributed by atoms with Gasteiger partial charge in [0.05, 0.1) is 12.0 Å². The summed E-state index contributed by atoms with van der Waals surface area (Å²) in [5.41, 5.74) is 6.79. The number of benzene rings is 1. The highest BCUT2D eigenvalue weighted by atomic mass is 19.1. The molecule has 1 aliphatic carbocycles. The SMILES string of the molecule is CC1CCCC(N)(c2noc(Cc3cccc(F)c3)n2)C1. The lowest BCUT2D eigenvalue weighted by Crippen LogP contribution is -2.42. The summed E-state index contributed by atoms with van der Waals surface area (Å²) < 4.78 is 18.5. The normalized spacial score (nSPS) is 26.0. The minimum absolute atomic E-state index is 0.261. The quantitative estimate of drug-likeness (QED) is 0.942. The first-order valence-corrected chi connectivity index (χ1v) is 7.41. The molecule has 0 saturated heterocycles. The van der Waals surface area contributed by atoms with Gasteiger partial charge in [-0.15, -0.1) is 0 Å². The molecule has 1 fully saturated rings. The van der Waals surface area contributed by atoms with E-state index in [9.17, 15) is 4.39 Å². The van der Waals surface area contributed by atoms with Crippen LogP contribution in [0.15, 0.2) is 28.8 Å². The number of nitrogens with two attached hydrogens (primary N) is 1. The first kappa shape index (κ1) is 14.2. The molecule has 2 unspecified atom stereocenters. The average Bonchev–Trinajstić information content (AvgIpc) is 2.88. The van der Waals surface area contributed by atoms with Crippen molar-refractivity contribution >= 4 is 0 Å². The summed E-state index contributed by atoms with van der Waals surface area (Å²) in [7, 11) is 0. The van der Waals surface area contributed by atoms with Gasteiger partial charge in [0, 0.05) is 0 Å². The molecule has 1 saturated carbocycles. The maximum Gasteiger partial charge on any atom is 0.231 e. The summed E-state index contributed by atoms with van der Waals surface area (Å²) in [6, 6.07) is 6.41. The molecule has 1 aromatic heterocycles. The zero-order valence-electron chi connectivity index (χ0n) is 12.2. The van der Waals surface area contributed by atoms with E-state index in [0.717, 1.165) is 24.8 Å². The van der Waals surface area contributed by atoms with Gasteiger partial charge in [0.2, 0.25) is 5.89 Å². The van der Waals surface area contributed by atoms with Crippen molar-refractivity contribution < 1.29 is 8.91 Å². The van der Waals surface area contributed by atoms with E-state index in [1.165, 1.54) is 18.6 Å². The minimum atomic E-state index is -0.485. The van der Waals surface area contributed by atoms with Crippen molar-refractivity contribution in [3.05, 3.63) is 47.4 Å². The highest BCUT2D eigenvalue weighted by Crippen LogP contribution is 2.36. The Hall–Kier alpha value is -1.75. The third kappa shape index (κ3) is 3.13. The van der Waals surface area contributed by atoms with Crippen LogP contribution in [0, 0.1) is 11.7 Å². The molecule has 3 rings (SSSR count). The highest BCUT2D eigenvalue weighted by molar-refractivity contribution is 5.19. The molecule has 112 valence electrons. The summed E-state index contributed by atoms with van der Waals surface area (Å²) in [6.07, 6.45) is 4.48. The smallest absolute Gasteiger partial charge is 0.231 e. The predicted octanol–water partition coefficient (Wildman–Crippen LogP) is 3.16. The Balaban J connectivity index is 1.77. The molecule has 2 atom stereocenters. The largest absolute Gasteiger partial charge is 0.339 e. The number of nitrogens with zero attached hydrogens (tertiary/aromatic N) is 2. The van der Waals surface area contributed by atoms with Gasteiger partial charge in [-0.05, 0) is 36.5 Å². The van der Waals surface area contributed by atoms with Crippen LogP contribution >= 0.6 is 0 Å². The van der Waals surface area contributed by atoms with Crippen molar-refractivity contribution in [3.8, 4) is 0 Å². The van der Waals surface area contributed by atoms with Crippen LogP contribution in [-0.4, -0.2) is 10.1 Å². The Morgan fingerprint density at radius 3 is 3.10 bits per heavy atom. The van der Waals surface area contributed by atoms with Crippen LogP contribution in [0.4, 0.5) is 4.39 Å². The lowest BCUT2D eigenvalue weighted by atomic mass is 9.76. The molecule has 5 heteroatoms. The van der Waals surface area contributed by atoms with E-state index < -0.39 is 5.54 Å². The van der Waals surface area contributed by atoms with Crippen molar-refractivity contribution in [2.45, 2.75) is 44.6 Å². The van der Waals surface area contributed by atoms with Crippen LogP contribution < -0.4 is 5.73 Å². The molecule has 1 aliphatic rings. The van der Waals surface area contributed by atoms with Crippen LogP contribution in [0.25, 0.3) is 0 Å². The van der Waals surface area contributed by atoms with Crippen LogP contribution in [0.5, 0.6) is 0 Å². The molecule has 4 nitrogen and oxygen atoms in total. The Kier molecular flexibility index (Phi) is 3.76. The number of halogens is 1. The van der Waals surface area contributed by atoms with Crippen LogP contribution in [0.1, 0.15) is 49.9 Å². The topological polar surface area (TPSA) is 64.9 Å². The molecular weight excluding hydrogens is 269 g/mol. The number of rotatable bonds is 3. The van der Waals surface area contributed by atoms with E-state index in [0.29, 0.717) is 24.1 Å². The van der Waals surface area contributed by atoms with E-state index in [1.807, 2.05) is 6.07 Å². The predicted molar refractivity (Wildman–Crippen MR) is 77.0 cm³/mol. The molecule has 1 heterocycles. The van der Waals surface area contributed by atoms with Gasteiger partial charge in [-0.2, -0.15) is 4.98 Å². The fourth-order valence-electron chi connectivity index (χ4n) is 3.15. The zero-order valence-corrected chi connectivity index (χ0v) is 12.2. The van der Waals surface area contributed by atoms with E-state index >= 15 is 0 Å². The summed E-state index contributed by atoms with van der Waals surface area (Å²) >= 11 is 0. The molecule has 2 N–H and O–H groups in total. The Morgan fingerprint density at radius 1 is 1.48 bits per heavy atom. The van der Waals surface area contributed by atoms with Gasteiger partial charge in [-0.25, -0.2) is 4.39 Å². The lowest BCUT2D eigenvalue weighted by molar-refractivity contribution is 0.221. The summed E-state index contributed by atoms with van der Waals surface area (Å²) in [6.45, 7) is 2.20. The molecule has 1 aromatic carbocycles. The first-order valence-electron chi connectivity index (χ1n) is 7.41. The molecule has 0 aliphatic heterocycles. The fraction of sp³-hybridized carbons (Fsp3) is 0.500. The van der Waals surface area contributed by atoms with Crippen LogP contribution in [0.2, 0.25) is 0 Å². The van der Waals surface area contributed by atoms with Gasteiger partial charge in [0.1, 0.15) is 5.82 Å². The number of aromatic nitrogens is 2. The zero-order chi connectivity index (χ0) is 14.9. The van der Waals surface area contributed by atoms with Gasteiger partial charge in [0.15, 0.2) is 5.82 Å². The molecule has 0 bridgehead atoms. The third-order valence-electron chi connectivity index (χ3n) is 4.19. The van der Waals surface area contributed by atoms with Gasteiger partial charge in [0.25, 0.3) is 0 Å². The van der Waals surface area contributed by atoms with Crippen molar-refractivity contribution in [3.63, 3.8) is 0 Å². The van der Waals surface area contributed by atoms with Gasteiger partial charge in [-0.1, -0.05) is 37.1 Å². The van der Waals surface area contributed by atoms with Gasteiger partial charge < -0.3 is 10.3 Å². The summed E-state index contributed by atoms with van der Waals surface area (Å²) in [4.78, 5) is 4.44. The maximum absolute atomic E-state index is 13.2. The van der Waals surface area contributed by atoms with E-state index in [4.69, 9.17) is 10.3 Å². The Bertz CT molecular complexity index is 627. The van der Waals surface area contributed by atoms with Crippen LogP contribution in [-0.2, 0) is 12.0 Å². The van der Waals surface area contributed by atoms with Crippen molar-refractivity contribution in [2.24, 2.45) is 11.7 Å². The second-order valence-corrected chi connectivity index (χ2v) is 6.18. The summed E-state index contributed by atoms with van der Waals surface area (Å²) in [5.74, 6) is 1.39. The van der Waals surface area contributed by atoms with Gasteiger partial charge >= 0.3 is 0 Å². The molecule has 21 heavy (non-hydrogen) atoms. The van der Waals surface area contributed by atoms with Crippen LogP contribution in [0.3, 0.4) is 0 Å². The Morgan fingerprint density at radius 2 is 2.33 bits per heavy atom. The molecule has 0 amide bonds. The first-order chi connectivity index (χ1) is 10.0. The van der Waals surface area contributed by atoms with E-state index in [1.54, 1.807) is 6.07 Å². The summed E-state index contributed by atoms with van der Waals surface area (Å²) in [5, 5.41) is 4.06.